The number of hydrogen-bond acceptors (Lipinski definition) is 3. The van der Waals surface area contributed by atoms with Crippen LogP contribution in [0.4, 0.5) is 0 Å². The highest BCUT2D eigenvalue weighted by Crippen LogP contribution is 2.36. The van der Waals surface area contributed by atoms with E-state index >= 15 is 0 Å². The summed E-state index contributed by atoms with van der Waals surface area (Å²) in [4.78, 5) is 11.5. The minimum Gasteiger partial charge on any atom is -0.490 e. The number of ketones is 1. The van der Waals surface area contributed by atoms with Crippen LogP contribution in [-0.2, 0) is 6.42 Å². The van der Waals surface area contributed by atoms with Crippen molar-refractivity contribution in [3.63, 3.8) is 0 Å². The zero-order chi connectivity index (χ0) is 11.5. The lowest BCUT2D eigenvalue weighted by Crippen LogP contribution is -2.03. The Morgan fingerprint density at radius 3 is 2.75 bits per heavy atom. The Morgan fingerprint density at radius 1 is 1.31 bits per heavy atom. The van der Waals surface area contributed by atoms with E-state index in [-0.39, 0.29) is 5.78 Å². The molecule has 0 atom stereocenters. The van der Waals surface area contributed by atoms with Gasteiger partial charge in [-0.05, 0) is 25.5 Å². The molecule has 1 aromatic carbocycles. The maximum Gasteiger partial charge on any atom is 0.165 e. The van der Waals surface area contributed by atoms with Gasteiger partial charge in [-0.25, -0.2) is 0 Å². The molecular formula is C13H16O3. The second kappa shape index (κ2) is 4.56. The van der Waals surface area contributed by atoms with E-state index in [4.69, 9.17) is 9.47 Å². The lowest BCUT2D eigenvalue weighted by molar-refractivity contribution is 0.101. The van der Waals surface area contributed by atoms with Gasteiger partial charge in [0.05, 0.1) is 13.2 Å². The van der Waals surface area contributed by atoms with E-state index in [1.54, 1.807) is 6.92 Å². The number of Topliss-reactive ketones (excluding diaryl/α,β-unsaturated/α-hetero) is 1. The third-order valence-electron chi connectivity index (χ3n) is 2.75. The standard InChI is InChI=1S/C13H16O3/c1-3-10-11(9(2)14)5-6-12-13(10)16-8-4-7-15-12/h5-6H,3-4,7-8H2,1-2H3. The molecule has 0 saturated heterocycles. The summed E-state index contributed by atoms with van der Waals surface area (Å²) in [5.41, 5.74) is 1.71. The fraction of sp³-hybridized carbons (Fsp3) is 0.462. The quantitative estimate of drug-likeness (QED) is 0.719. The van der Waals surface area contributed by atoms with Crippen molar-refractivity contribution in [2.24, 2.45) is 0 Å². The molecule has 0 bridgehead atoms. The van der Waals surface area contributed by atoms with Crippen LogP contribution in [-0.4, -0.2) is 19.0 Å². The molecule has 0 saturated carbocycles. The Hall–Kier alpha value is -1.51. The summed E-state index contributed by atoms with van der Waals surface area (Å²) < 4.78 is 11.3. The van der Waals surface area contributed by atoms with Gasteiger partial charge in [0.1, 0.15) is 0 Å². The molecule has 0 aliphatic carbocycles. The minimum absolute atomic E-state index is 0.0764. The summed E-state index contributed by atoms with van der Waals surface area (Å²) >= 11 is 0. The molecule has 0 spiro atoms. The molecule has 0 N–H and O–H groups in total. The predicted molar refractivity (Wildman–Crippen MR) is 61.4 cm³/mol. The molecule has 0 fully saturated rings. The van der Waals surface area contributed by atoms with Gasteiger partial charge in [-0.1, -0.05) is 6.92 Å². The summed E-state index contributed by atoms with van der Waals surface area (Å²) in [5.74, 6) is 1.60. The van der Waals surface area contributed by atoms with E-state index in [1.165, 1.54) is 0 Å². The van der Waals surface area contributed by atoms with Crippen molar-refractivity contribution in [1.29, 1.82) is 0 Å². The van der Waals surface area contributed by atoms with Crippen LogP contribution < -0.4 is 9.47 Å². The van der Waals surface area contributed by atoms with Crippen molar-refractivity contribution >= 4 is 5.78 Å². The van der Waals surface area contributed by atoms with Crippen LogP contribution in [0.2, 0.25) is 0 Å². The first-order chi connectivity index (χ1) is 7.74. The van der Waals surface area contributed by atoms with E-state index in [1.807, 2.05) is 19.1 Å². The Kier molecular flexibility index (Phi) is 3.13. The van der Waals surface area contributed by atoms with Gasteiger partial charge in [-0.2, -0.15) is 0 Å². The van der Waals surface area contributed by atoms with Crippen molar-refractivity contribution in [3.8, 4) is 11.5 Å². The summed E-state index contributed by atoms with van der Waals surface area (Å²) in [6, 6.07) is 3.66. The van der Waals surface area contributed by atoms with Crippen LogP contribution in [0.3, 0.4) is 0 Å². The van der Waals surface area contributed by atoms with E-state index in [0.717, 1.165) is 35.5 Å². The highest BCUT2D eigenvalue weighted by molar-refractivity contribution is 5.96. The van der Waals surface area contributed by atoms with Gasteiger partial charge in [-0.15, -0.1) is 0 Å². The zero-order valence-electron chi connectivity index (χ0n) is 9.71. The molecule has 0 unspecified atom stereocenters. The molecule has 0 amide bonds. The van der Waals surface area contributed by atoms with Crippen LogP contribution in [0.1, 0.15) is 36.2 Å². The fourth-order valence-electron chi connectivity index (χ4n) is 1.97. The monoisotopic (exact) mass is 220 g/mol. The first-order valence-electron chi connectivity index (χ1n) is 5.66. The van der Waals surface area contributed by atoms with Crippen LogP contribution in [0.25, 0.3) is 0 Å². The van der Waals surface area contributed by atoms with Crippen LogP contribution in [0.5, 0.6) is 11.5 Å². The minimum atomic E-state index is 0.0764. The number of benzene rings is 1. The van der Waals surface area contributed by atoms with Gasteiger partial charge >= 0.3 is 0 Å². The topological polar surface area (TPSA) is 35.5 Å². The molecular weight excluding hydrogens is 204 g/mol. The predicted octanol–water partition coefficient (Wildman–Crippen LogP) is 2.61. The molecule has 0 aromatic heterocycles. The first kappa shape index (κ1) is 11.0. The number of carbonyl (C=O) groups is 1. The number of carbonyl (C=O) groups excluding carboxylic acids is 1. The van der Waals surface area contributed by atoms with E-state index in [0.29, 0.717) is 13.2 Å². The van der Waals surface area contributed by atoms with Gasteiger partial charge in [-0.3, -0.25) is 4.79 Å². The molecule has 3 nitrogen and oxygen atoms in total. The number of rotatable bonds is 2. The average Bonchev–Trinajstić information content (AvgIpc) is 2.52. The van der Waals surface area contributed by atoms with Gasteiger partial charge in [0.25, 0.3) is 0 Å². The van der Waals surface area contributed by atoms with Crippen molar-refractivity contribution in [2.75, 3.05) is 13.2 Å². The maximum atomic E-state index is 11.5. The Bertz CT molecular complexity index is 410. The van der Waals surface area contributed by atoms with E-state index in [2.05, 4.69) is 0 Å². The van der Waals surface area contributed by atoms with Crippen LogP contribution in [0, 0.1) is 0 Å². The fourth-order valence-corrected chi connectivity index (χ4v) is 1.97. The average molecular weight is 220 g/mol. The molecule has 86 valence electrons. The number of hydrogen-bond donors (Lipinski definition) is 0. The SMILES string of the molecule is CCc1c(C(C)=O)ccc2c1OCCCO2. The molecule has 16 heavy (non-hydrogen) atoms. The smallest absolute Gasteiger partial charge is 0.165 e. The molecule has 0 radical (unpaired) electrons. The molecule has 1 aliphatic heterocycles. The summed E-state index contributed by atoms with van der Waals surface area (Å²) in [6.07, 6.45) is 1.66. The molecule has 3 heteroatoms. The number of fused-ring (bicyclic) bond motifs is 1. The van der Waals surface area contributed by atoms with Gasteiger partial charge in [0, 0.05) is 17.5 Å². The second-order valence-electron chi connectivity index (χ2n) is 3.88. The molecule has 1 aliphatic rings. The molecule has 1 aromatic rings. The highest BCUT2D eigenvalue weighted by atomic mass is 16.5. The third-order valence-corrected chi connectivity index (χ3v) is 2.75. The van der Waals surface area contributed by atoms with E-state index < -0.39 is 0 Å². The number of ether oxygens (including phenoxy) is 2. The largest absolute Gasteiger partial charge is 0.490 e. The van der Waals surface area contributed by atoms with Crippen molar-refractivity contribution in [2.45, 2.75) is 26.7 Å². The Morgan fingerprint density at radius 2 is 2.06 bits per heavy atom. The highest BCUT2D eigenvalue weighted by Gasteiger charge is 2.18. The summed E-state index contributed by atoms with van der Waals surface area (Å²) in [6.45, 7) is 4.94. The molecule has 1 heterocycles. The summed E-state index contributed by atoms with van der Waals surface area (Å²) in [7, 11) is 0. The van der Waals surface area contributed by atoms with Crippen LogP contribution in [0.15, 0.2) is 12.1 Å². The maximum absolute atomic E-state index is 11.5. The normalized spacial score (nSPS) is 14.4. The van der Waals surface area contributed by atoms with Gasteiger partial charge < -0.3 is 9.47 Å². The first-order valence-corrected chi connectivity index (χ1v) is 5.66. The van der Waals surface area contributed by atoms with Crippen molar-refractivity contribution in [1.82, 2.24) is 0 Å². The van der Waals surface area contributed by atoms with Gasteiger partial charge in [0.15, 0.2) is 17.3 Å². The van der Waals surface area contributed by atoms with Crippen molar-refractivity contribution in [3.05, 3.63) is 23.3 Å². The Balaban J connectivity index is 2.54. The van der Waals surface area contributed by atoms with Crippen LogP contribution >= 0.6 is 0 Å². The van der Waals surface area contributed by atoms with Gasteiger partial charge in [0.2, 0.25) is 0 Å². The summed E-state index contributed by atoms with van der Waals surface area (Å²) in [5, 5.41) is 0. The lowest BCUT2D eigenvalue weighted by atomic mass is 10.0. The van der Waals surface area contributed by atoms with E-state index in [9.17, 15) is 4.79 Å². The second-order valence-corrected chi connectivity index (χ2v) is 3.88. The lowest BCUT2D eigenvalue weighted by Gasteiger charge is -2.14. The Labute approximate surface area is 95.4 Å². The zero-order valence-corrected chi connectivity index (χ0v) is 9.71. The molecule has 2 rings (SSSR count). The third kappa shape index (κ3) is 1.90. The van der Waals surface area contributed by atoms with Crippen molar-refractivity contribution < 1.29 is 14.3 Å².